The summed E-state index contributed by atoms with van der Waals surface area (Å²) < 4.78 is 3.65. The molecule has 0 saturated heterocycles. The molecule has 0 bridgehead atoms. The van der Waals surface area contributed by atoms with Crippen molar-refractivity contribution in [1.29, 1.82) is 0 Å². The van der Waals surface area contributed by atoms with Crippen molar-refractivity contribution in [1.82, 2.24) is 24.5 Å². The molecule has 29 heavy (non-hydrogen) atoms. The number of fused-ring (bicyclic) bond motifs is 1. The molecule has 1 atom stereocenters. The van der Waals surface area contributed by atoms with E-state index in [0.29, 0.717) is 13.0 Å². The molecular formula is C22H20N6O. The average molecular weight is 384 g/mol. The van der Waals surface area contributed by atoms with Crippen LogP contribution in [0, 0.1) is 0 Å². The third-order valence-electron chi connectivity index (χ3n) is 5.26. The van der Waals surface area contributed by atoms with E-state index < -0.39 is 0 Å². The fraction of sp³-hybridized carbons (Fsp3) is 0.182. The molecule has 1 unspecified atom stereocenters. The van der Waals surface area contributed by atoms with Crippen LogP contribution in [0.15, 0.2) is 67.3 Å². The predicted molar refractivity (Wildman–Crippen MR) is 109 cm³/mol. The molecule has 1 aromatic carbocycles. The molecule has 0 spiro atoms. The van der Waals surface area contributed by atoms with Gasteiger partial charge in [-0.3, -0.25) is 19.1 Å². The van der Waals surface area contributed by atoms with Crippen LogP contribution in [0.5, 0.6) is 0 Å². The van der Waals surface area contributed by atoms with E-state index in [1.54, 1.807) is 17.1 Å². The van der Waals surface area contributed by atoms with Crippen molar-refractivity contribution in [2.45, 2.75) is 18.9 Å². The lowest BCUT2D eigenvalue weighted by Gasteiger charge is -2.23. The van der Waals surface area contributed by atoms with Crippen LogP contribution < -0.4 is 5.32 Å². The summed E-state index contributed by atoms with van der Waals surface area (Å²) in [6.07, 6.45) is 7.79. The molecule has 7 nitrogen and oxygen atoms in total. The van der Waals surface area contributed by atoms with Crippen molar-refractivity contribution in [3.05, 3.63) is 83.9 Å². The molecule has 0 aliphatic carbocycles. The minimum absolute atomic E-state index is 0.0148. The van der Waals surface area contributed by atoms with E-state index in [1.807, 2.05) is 54.5 Å². The van der Waals surface area contributed by atoms with Crippen LogP contribution in [0.25, 0.3) is 11.3 Å². The fourth-order valence-electron chi connectivity index (χ4n) is 3.91. The summed E-state index contributed by atoms with van der Waals surface area (Å²) >= 11 is 0. The smallest absolute Gasteiger partial charge is 0.226 e. The monoisotopic (exact) mass is 384 g/mol. The summed E-state index contributed by atoms with van der Waals surface area (Å²) in [4.78, 5) is 16.6. The molecule has 1 aliphatic rings. The minimum atomic E-state index is -0.104. The molecule has 0 saturated carbocycles. The van der Waals surface area contributed by atoms with Gasteiger partial charge in [0.2, 0.25) is 5.91 Å². The van der Waals surface area contributed by atoms with Crippen LogP contribution in [0.4, 0.5) is 5.82 Å². The van der Waals surface area contributed by atoms with Gasteiger partial charge in [-0.2, -0.15) is 10.2 Å². The Hall–Kier alpha value is -3.74. The summed E-state index contributed by atoms with van der Waals surface area (Å²) in [5, 5.41) is 12.2. The number of anilines is 1. The van der Waals surface area contributed by atoms with Crippen molar-refractivity contribution >= 4 is 11.7 Å². The summed E-state index contributed by atoms with van der Waals surface area (Å²) in [6.45, 7) is 0.690. The first-order valence-electron chi connectivity index (χ1n) is 9.52. The Balaban J connectivity index is 1.55. The van der Waals surface area contributed by atoms with E-state index in [2.05, 4.69) is 32.6 Å². The van der Waals surface area contributed by atoms with Gasteiger partial charge in [0.15, 0.2) is 0 Å². The number of carbonyl (C=O) groups is 1. The van der Waals surface area contributed by atoms with Gasteiger partial charge in [-0.25, -0.2) is 0 Å². The van der Waals surface area contributed by atoms with Gasteiger partial charge in [0.1, 0.15) is 5.82 Å². The number of carbonyl (C=O) groups excluding carboxylic acids is 1. The van der Waals surface area contributed by atoms with Gasteiger partial charge in [-0.1, -0.05) is 30.3 Å². The van der Waals surface area contributed by atoms with Crippen LogP contribution in [-0.4, -0.2) is 30.5 Å². The zero-order chi connectivity index (χ0) is 19.8. The molecule has 7 heteroatoms. The number of pyridine rings is 1. The maximum absolute atomic E-state index is 12.4. The second-order valence-corrected chi connectivity index (χ2v) is 7.24. The zero-order valence-corrected chi connectivity index (χ0v) is 16.0. The average Bonchev–Trinajstić information content (AvgIpc) is 3.34. The van der Waals surface area contributed by atoms with Gasteiger partial charge < -0.3 is 5.32 Å². The van der Waals surface area contributed by atoms with Gasteiger partial charge in [0.05, 0.1) is 18.4 Å². The van der Waals surface area contributed by atoms with Crippen molar-refractivity contribution < 1.29 is 4.79 Å². The van der Waals surface area contributed by atoms with E-state index in [-0.39, 0.29) is 11.8 Å². The van der Waals surface area contributed by atoms with Gasteiger partial charge >= 0.3 is 0 Å². The lowest BCUT2D eigenvalue weighted by atomic mass is 9.86. The number of hydrogen-bond donors (Lipinski definition) is 1. The molecule has 5 rings (SSSR count). The van der Waals surface area contributed by atoms with E-state index >= 15 is 0 Å². The molecule has 3 aromatic heterocycles. The first-order valence-corrected chi connectivity index (χ1v) is 9.52. The number of benzene rings is 1. The second-order valence-electron chi connectivity index (χ2n) is 7.24. The number of nitrogens with one attached hydrogen (secondary N) is 1. The standard InChI is InChI=1S/C22H20N6O/c1-27-22-20(21(26-27)16-8-5-9-23-11-16)18(10-19(29)25-22)17-12-24-28(14-17)13-15-6-3-2-4-7-15/h2-9,11-12,14,18H,10,13H2,1H3,(H,25,29). The van der Waals surface area contributed by atoms with Gasteiger partial charge in [0, 0.05) is 49.1 Å². The minimum Gasteiger partial charge on any atom is -0.311 e. The highest BCUT2D eigenvalue weighted by atomic mass is 16.1. The summed E-state index contributed by atoms with van der Waals surface area (Å²) in [6, 6.07) is 14.1. The number of hydrogen-bond acceptors (Lipinski definition) is 4. The molecule has 0 fully saturated rings. The molecule has 4 aromatic rings. The quantitative estimate of drug-likeness (QED) is 0.586. The molecule has 144 valence electrons. The molecule has 1 amide bonds. The Morgan fingerprint density at radius 1 is 1.14 bits per heavy atom. The van der Waals surface area contributed by atoms with Crippen molar-refractivity contribution in [3.8, 4) is 11.3 Å². The fourth-order valence-corrected chi connectivity index (χ4v) is 3.91. The third-order valence-corrected chi connectivity index (χ3v) is 5.26. The van der Waals surface area contributed by atoms with E-state index in [1.165, 1.54) is 5.56 Å². The van der Waals surface area contributed by atoms with Crippen molar-refractivity contribution in [2.75, 3.05) is 5.32 Å². The molecular weight excluding hydrogens is 364 g/mol. The van der Waals surface area contributed by atoms with E-state index in [4.69, 9.17) is 0 Å². The first-order chi connectivity index (χ1) is 14.2. The molecule has 1 N–H and O–H groups in total. The summed E-state index contributed by atoms with van der Waals surface area (Å²) in [7, 11) is 1.85. The normalized spacial score (nSPS) is 15.8. The number of nitrogens with zero attached hydrogens (tertiary/aromatic N) is 5. The van der Waals surface area contributed by atoms with E-state index in [0.717, 1.165) is 28.2 Å². The Morgan fingerprint density at radius 3 is 2.79 bits per heavy atom. The Labute approximate surface area is 168 Å². The molecule has 4 heterocycles. The van der Waals surface area contributed by atoms with Crippen LogP contribution in [-0.2, 0) is 18.4 Å². The topological polar surface area (TPSA) is 77.6 Å². The van der Waals surface area contributed by atoms with Gasteiger partial charge in [0.25, 0.3) is 0 Å². The lowest BCUT2D eigenvalue weighted by Crippen LogP contribution is -2.24. The summed E-state index contributed by atoms with van der Waals surface area (Å²) in [5.41, 5.74) is 4.98. The summed E-state index contributed by atoms with van der Waals surface area (Å²) in [5.74, 6) is 0.618. The highest BCUT2D eigenvalue weighted by Crippen LogP contribution is 2.42. The largest absolute Gasteiger partial charge is 0.311 e. The first kappa shape index (κ1) is 17.4. The van der Waals surface area contributed by atoms with Crippen molar-refractivity contribution in [3.63, 3.8) is 0 Å². The second kappa shape index (κ2) is 7.01. The number of aryl methyl sites for hydroxylation is 1. The molecule has 0 radical (unpaired) electrons. The Morgan fingerprint density at radius 2 is 2.00 bits per heavy atom. The number of aromatic nitrogens is 5. The highest BCUT2D eigenvalue weighted by molar-refractivity contribution is 5.96. The third kappa shape index (κ3) is 3.20. The van der Waals surface area contributed by atoms with Gasteiger partial charge in [-0.15, -0.1) is 0 Å². The van der Waals surface area contributed by atoms with E-state index in [9.17, 15) is 4.79 Å². The van der Waals surface area contributed by atoms with Crippen LogP contribution in [0.2, 0.25) is 0 Å². The van der Waals surface area contributed by atoms with Crippen LogP contribution >= 0.6 is 0 Å². The van der Waals surface area contributed by atoms with Crippen molar-refractivity contribution in [2.24, 2.45) is 7.05 Å². The highest BCUT2D eigenvalue weighted by Gasteiger charge is 2.34. The van der Waals surface area contributed by atoms with Crippen LogP contribution in [0.1, 0.15) is 29.0 Å². The lowest BCUT2D eigenvalue weighted by molar-refractivity contribution is -0.116. The number of amides is 1. The zero-order valence-electron chi connectivity index (χ0n) is 16.0. The SMILES string of the molecule is Cn1nc(-c2cccnc2)c2c1NC(=O)CC2c1cnn(Cc2ccccc2)c1. The molecule has 1 aliphatic heterocycles. The Kier molecular flexibility index (Phi) is 4.20. The Bertz CT molecular complexity index is 1160. The maximum atomic E-state index is 12.4. The van der Waals surface area contributed by atoms with Gasteiger partial charge in [-0.05, 0) is 23.3 Å². The number of rotatable bonds is 4. The predicted octanol–water partition coefficient (Wildman–Crippen LogP) is 3.20. The maximum Gasteiger partial charge on any atom is 0.226 e. The van der Waals surface area contributed by atoms with Crippen LogP contribution in [0.3, 0.4) is 0 Å².